The van der Waals surface area contributed by atoms with Gasteiger partial charge in [0.15, 0.2) is 0 Å². The van der Waals surface area contributed by atoms with E-state index in [4.69, 9.17) is 4.74 Å². The van der Waals surface area contributed by atoms with Crippen molar-refractivity contribution in [2.75, 3.05) is 5.32 Å². The molecule has 0 unspecified atom stereocenters. The van der Waals surface area contributed by atoms with Crippen LogP contribution in [0.1, 0.15) is 42.1 Å². The van der Waals surface area contributed by atoms with Gasteiger partial charge in [0.25, 0.3) is 5.91 Å². The number of benzene rings is 2. The van der Waals surface area contributed by atoms with Crippen LogP contribution >= 0.6 is 0 Å². The van der Waals surface area contributed by atoms with Gasteiger partial charge < -0.3 is 10.1 Å². The minimum atomic E-state index is -0.969. The van der Waals surface area contributed by atoms with E-state index in [0.717, 1.165) is 29.7 Å². The first-order chi connectivity index (χ1) is 13.0. The molecule has 1 aliphatic carbocycles. The number of nitrogens with one attached hydrogen (secondary N) is 1. The lowest BCUT2D eigenvalue weighted by Gasteiger charge is -2.20. The van der Waals surface area contributed by atoms with Crippen LogP contribution in [0.2, 0.25) is 0 Å². The molecule has 0 bridgehead atoms. The Kier molecular flexibility index (Phi) is 6.07. The molecular formula is C23H25NO3. The molecule has 2 aromatic rings. The Morgan fingerprint density at radius 1 is 1.15 bits per heavy atom. The minimum absolute atomic E-state index is 0.205. The molecule has 140 valence electrons. The van der Waals surface area contributed by atoms with E-state index in [1.807, 2.05) is 50.2 Å². The molecule has 0 aliphatic heterocycles. The fourth-order valence-corrected chi connectivity index (χ4v) is 3.23. The first kappa shape index (κ1) is 18.9. The Morgan fingerprint density at radius 3 is 2.63 bits per heavy atom. The molecule has 27 heavy (non-hydrogen) atoms. The monoisotopic (exact) mass is 363 g/mol. The van der Waals surface area contributed by atoms with E-state index in [2.05, 4.69) is 17.5 Å². The number of anilines is 1. The van der Waals surface area contributed by atoms with Crippen LogP contribution in [0.15, 0.2) is 60.7 Å². The Balaban J connectivity index is 1.76. The predicted octanol–water partition coefficient (Wildman–Crippen LogP) is 4.88. The largest absolute Gasteiger partial charge is 0.447 e. The molecule has 3 rings (SSSR count). The first-order valence-electron chi connectivity index (χ1n) is 9.32. The number of allylic oxidation sites excluding steroid dienone is 2. The van der Waals surface area contributed by atoms with Crippen molar-refractivity contribution >= 4 is 17.6 Å². The average molecular weight is 363 g/mol. The molecule has 2 atom stereocenters. The zero-order chi connectivity index (χ0) is 19.2. The second-order valence-electron chi connectivity index (χ2n) is 7.06. The Bertz CT molecular complexity index is 842. The normalized spacial score (nSPS) is 16.7. The van der Waals surface area contributed by atoms with E-state index < -0.39 is 6.10 Å². The van der Waals surface area contributed by atoms with Gasteiger partial charge in [-0.15, -0.1) is 0 Å². The van der Waals surface area contributed by atoms with E-state index in [-0.39, 0.29) is 17.8 Å². The summed E-state index contributed by atoms with van der Waals surface area (Å²) in [6.07, 6.45) is 5.42. The third-order valence-corrected chi connectivity index (χ3v) is 4.78. The van der Waals surface area contributed by atoms with Crippen LogP contribution in [0.3, 0.4) is 0 Å². The molecule has 0 aromatic heterocycles. The Labute approximate surface area is 160 Å². The van der Waals surface area contributed by atoms with E-state index in [9.17, 15) is 9.59 Å². The van der Waals surface area contributed by atoms with Crippen molar-refractivity contribution in [3.63, 3.8) is 0 Å². The van der Waals surface area contributed by atoms with Gasteiger partial charge in [0.1, 0.15) is 0 Å². The molecule has 0 fully saturated rings. The molecule has 2 aromatic carbocycles. The smallest absolute Gasteiger partial charge is 0.307 e. The highest BCUT2D eigenvalue weighted by Crippen LogP contribution is 2.25. The zero-order valence-electron chi connectivity index (χ0n) is 15.8. The molecule has 4 nitrogen and oxygen atoms in total. The van der Waals surface area contributed by atoms with E-state index in [1.165, 1.54) is 0 Å². The maximum atomic E-state index is 12.9. The van der Waals surface area contributed by atoms with Crippen LogP contribution in [-0.2, 0) is 14.3 Å². The van der Waals surface area contributed by atoms with Crippen LogP contribution in [0.4, 0.5) is 5.69 Å². The summed E-state index contributed by atoms with van der Waals surface area (Å²) in [5, 5.41) is 2.92. The van der Waals surface area contributed by atoms with Crippen molar-refractivity contribution < 1.29 is 14.3 Å². The van der Waals surface area contributed by atoms with Gasteiger partial charge in [-0.25, -0.2) is 0 Å². The van der Waals surface area contributed by atoms with Gasteiger partial charge in [-0.3, -0.25) is 9.59 Å². The summed E-state index contributed by atoms with van der Waals surface area (Å²) in [5.74, 6) is -0.488. The number of carbonyl (C=O) groups excluding carboxylic acids is 2. The average Bonchev–Trinajstić information content (AvgIpc) is 3.16. The lowest BCUT2D eigenvalue weighted by molar-refractivity contribution is -0.155. The van der Waals surface area contributed by atoms with Gasteiger partial charge in [0.2, 0.25) is 6.10 Å². The predicted molar refractivity (Wildman–Crippen MR) is 106 cm³/mol. The Hall–Kier alpha value is -2.88. The van der Waals surface area contributed by atoms with Gasteiger partial charge in [-0.2, -0.15) is 0 Å². The highest BCUT2D eigenvalue weighted by Gasteiger charge is 2.26. The number of rotatable bonds is 6. The SMILES string of the molecule is Cc1ccc(C)c(NC(=O)[C@@H](OC(=O)C[C@@H]2C=CCC2)c2ccccc2)c1. The summed E-state index contributed by atoms with van der Waals surface area (Å²) in [5.41, 5.74) is 3.41. The van der Waals surface area contributed by atoms with Gasteiger partial charge in [0.05, 0.1) is 6.42 Å². The quantitative estimate of drug-likeness (QED) is 0.588. The van der Waals surface area contributed by atoms with Crippen LogP contribution < -0.4 is 5.32 Å². The van der Waals surface area contributed by atoms with Crippen LogP contribution in [0, 0.1) is 19.8 Å². The standard InChI is InChI=1S/C23H25NO3/c1-16-12-13-17(2)20(14-16)24-23(26)22(19-10-4-3-5-11-19)27-21(25)15-18-8-6-7-9-18/h3-6,8,10-14,18,22H,7,9,15H2,1-2H3,(H,24,26)/t18-,22+/m1/s1. The molecule has 4 heteroatoms. The maximum absolute atomic E-state index is 12.9. The van der Waals surface area contributed by atoms with Gasteiger partial charge in [-0.1, -0.05) is 54.6 Å². The molecule has 0 spiro atoms. The summed E-state index contributed by atoms with van der Waals surface area (Å²) in [6.45, 7) is 3.91. The molecule has 1 amide bonds. The molecule has 0 radical (unpaired) electrons. The third-order valence-electron chi connectivity index (χ3n) is 4.78. The third kappa shape index (κ3) is 5.07. The summed E-state index contributed by atoms with van der Waals surface area (Å²) in [7, 11) is 0. The molecule has 1 N–H and O–H groups in total. The lowest BCUT2D eigenvalue weighted by atomic mass is 10.0. The number of amides is 1. The summed E-state index contributed by atoms with van der Waals surface area (Å²) < 4.78 is 5.62. The number of aryl methyl sites for hydroxylation is 2. The summed E-state index contributed by atoms with van der Waals surface area (Å²) in [4.78, 5) is 25.4. The minimum Gasteiger partial charge on any atom is -0.447 e. The van der Waals surface area contributed by atoms with Crippen molar-refractivity contribution in [2.24, 2.45) is 5.92 Å². The Morgan fingerprint density at radius 2 is 1.93 bits per heavy atom. The van der Waals surface area contributed by atoms with Gasteiger partial charge >= 0.3 is 5.97 Å². The van der Waals surface area contributed by atoms with Crippen molar-refractivity contribution in [2.45, 2.75) is 39.2 Å². The molecule has 0 heterocycles. The maximum Gasteiger partial charge on any atom is 0.307 e. The van der Waals surface area contributed by atoms with Crippen LogP contribution in [-0.4, -0.2) is 11.9 Å². The van der Waals surface area contributed by atoms with Crippen molar-refractivity contribution in [3.8, 4) is 0 Å². The number of hydrogen-bond donors (Lipinski definition) is 1. The fraction of sp³-hybridized carbons (Fsp3) is 0.304. The van der Waals surface area contributed by atoms with Crippen molar-refractivity contribution in [1.82, 2.24) is 0 Å². The zero-order valence-corrected chi connectivity index (χ0v) is 15.8. The summed E-state index contributed by atoms with van der Waals surface area (Å²) in [6, 6.07) is 15.0. The number of carbonyl (C=O) groups is 2. The second-order valence-corrected chi connectivity index (χ2v) is 7.06. The van der Waals surface area contributed by atoms with Gasteiger partial charge in [-0.05, 0) is 49.8 Å². The lowest BCUT2D eigenvalue weighted by Crippen LogP contribution is -2.26. The van der Waals surface area contributed by atoms with Crippen molar-refractivity contribution in [3.05, 3.63) is 77.4 Å². The van der Waals surface area contributed by atoms with E-state index >= 15 is 0 Å². The first-order valence-corrected chi connectivity index (χ1v) is 9.32. The number of ether oxygens (including phenoxy) is 1. The van der Waals surface area contributed by atoms with Crippen molar-refractivity contribution in [1.29, 1.82) is 0 Å². The highest BCUT2D eigenvalue weighted by molar-refractivity contribution is 5.96. The topological polar surface area (TPSA) is 55.4 Å². The second kappa shape index (κ2) is 8.67. The molecule has 0 saturated carbocycles. The fourth-order valence-electron chi connectivity index (χ4n) is 3.23. The van der Waals surface area contributed by atoms with Gasteiger partial charge in [0, 0.05) is 11.3 Å². The molecule has 0 saturated heterocycles. The van der Waals surface area contributed by atoms with Crippen LogP contribution in [0.5, 0.6) is 0 Å². The number of hydrogen-bond acceptors (Lipinski definition) is 3. The van der Waals surface area contributed by atoms with E-state index in [1.54, 1.807) is 12.1 Å². The number of esters is 1. The summed E-state index contributed by atoms with van der Waals surface area (Å²) >= 11 is 0. The highest BCUT2D eigenvalue weighted by atomic mass is 16.5. The van der Waals surface area contributed by atoms with Crippen LogP contribution in [0.25, 0.3) is 0 Å². The molecular weight excluding hydrogens is 338 g/mol. The van der Waals surface area contributed by atoms with E-state index in [0.29, 0.717) is 12.0 Å². The molecule has 1 aliphatic rings.